The first-order valence-electron chi connectivity index (χ1n) is 7.86. The molecule has 10 heteroatoms. The largest absolute Gasteiger partial charge is 0.457 e. The minimum Gasteiger partial charge on any atom is -0.457 e. The van der Waals surface area contributed by atoms with E-state index in [1.807, 2.05) is 25.9 Å². The normalized spacial score (nSPS) is 11.4. The zero-order valence-corrected chi connectivity index (χ0v) is 15.8. The molecule has 0 amide bonds. The van der Waals surface area contributed by atoms with Gasteiger partial charge in [0.25, 0.3) is 6.43 Å². The summed E-state index contributed by atoms with van der Waals surface area (Å²) < 4.78 is 31.2. The van der Waals surface area contributed by atoms with E-state index in [0.29, 0.717) is 11.5 Å². The van der Waals surface area contributed by atoms with Crippen LogP contribution in [-0.4, -0.2) is 30.7 Å². The van der Waals surface area contributed by atoms with Crippen molar-refractivity contribution < 1.29 is 13.5 Å². The van der Waals surface area contributed by atoms with Crippen LogP contribution in [0.1, 0.15) is 17.6 Å². The van der Waals surface area contributed by atoms with Crippen LogP contribution in [0.5, 0.6) is 6.01 Å². The predicted octanol–water partition coefficient (Wildman–Crippen LogP) is 4.81. The fraction of sp³-hybridized carbons (Fsp3) is 0.294. The van der Waals surface area contributed by atoms with Gasteiger partial charge in [-0.2, -0.15) is 10.1 Å². The smallest absolute Gasteiger partial charge is 0.318 e. The molecular formula is C17H19ClF2N6O. The Morgan fingerprint density at radius 3 is 2.81 bits per heavy atom. The summed E-state index contributed by atoms with van der Waals surface area (Å²) in [5, 5.41) is 6.14. The fourth-order valence-electron chi connectivity index (χ4n) is 2.15. The van der Waals surface area contributed by atoms with E-state index in [9.17, 15) is 8.78 Å². The summed E-state index contributed by atoms with van der Waals surface area (Å²) in [6.45, 7) is 1.81. The van der Waals surface area contributed by atoms with E-state index in [0.717, 1.165) is 5.56 Å². The number of rotatable bonds is 8. The molecule has 1 aromatic carbocycles. The van der Waals surface area contributed by atoms with Gasteiger partial charge >= 0.3 is 6.01 Å². The lowest BCUT2D eigenvalue weighted by molar-refractivity contribution is 0.151. The second kappa shape index (κ2) is 9.22. The standard InChI is InChI=1S/C17H19ClF2N6O/c1-10-7-23-17(24-16(10)26(2)3)27-9-12(25-21)8-22-11-4-5-14(18)13(6-11)15(19)20/h4-8,15,21-22H,9H2,1-3H3/b12-8-,25-21?. The number of ether oxygens (including phenoxy) is 1. The van der Waals surface area contributed by atoms with E-state index in [2.05, 4.69) is 20.4 Å². The molecule has 0 aliphatic rings. The van der Waals surface area contributed by atoms with Gasteiger partial charge in [-0.1, -0.05) is 11.6 Å². The lowest BCUT2D eigenvalue weighted by atomic mass is 10.2. The Bertz CT molecular complexity index is 844. The summed E-state index contributed by atoms with van der Waals surface area (Å²) in [7, 11) is 3.71. The van der Waals surface area contributed by atoms with E-state index in [4.69, 9.17) is 21.9 Å². The minimum atomic E-state index is -2.68. The number of nitrogens with zero attached hydrogens (tertiary/aromatic N) is 4. The van der Waals surface area contributed by atoms with Gasteiger partial charge in [0.1, 0.15) is 18.1 Å². The number of halogens is 3. The molecule has 0 bridgehead atoms. The molecule has 2 aromatic rings. The quantitative estimate of drug-likeness (QED) is 0.625. The summed E-state index contributed by atoms with van der Waals surface area (Å²) in [4.78, 5) is 10.2. The SMILES string of the molecule is Cc1cnc(OC/C(=C/Nc2ccc(Cl)c(C(F)F)c2)N=N)nc1N(C)C. The maximum absolute atomic E-state index is 12.9. The van der Waals surface area contributed by atoms with Gasteiger partial charge in [-0.3, -0.25) is 0 Å². The zero-order valence-electron chi connectivity index (χ0n) is 15.0. The number of aromatic nitrogens is 2. The van der Waals surface area contributed by atoms with Crippen molar-refractivity contribution in [3.05, 3.63) is 52.4 Å². The number of anilines is 2. The molecule has 2 N–H and O–H groups in total. The fourth-order valence-corrected chi connectivity index (χ4v) is 2.35. The molecule has 1 aromatic heterocycles. The summed E-state index contributed by atoms with van der Waals surface area (Å²) >= 11 is 5.74. The topological polar surface area (TPSA) is 86.5 Å². The molecule has 0 unspecified atom stereocenters. The van der Waals surface area contributed by atoms with Gasteiger partial charge < -0.3 is 15.0 Å². The molecule has 2 rings (SSSR count). The highest BCUT2D eigenvalue weighted by Gasteiger charge is 2.12. The van der Waals surface area contributed by atoms with Crippen molar-refractivity contribution in [1.29, 1.82) is 5.53 Å². The lowest BCUT2D eigenvalue weighted by Crippen LogP contribution is -2.14. The van der Waals surface area contributed by atoms with Crippen LogP contribution in [0.4, 0.5) is 20.3 Å². The van der Waals surface area contributed by atoms with Crippen molar-refractivity contribution in [3.8, 4) is 6.01 Å². The third-order valence-corrected chi connectivity index (χ3v) is 3.82. The Labute approximate surface area is 160 Å². The van der Waals surface area contributed by atoms with Gasteiger partial charge in [0, 0.05) is 48.3 Å². The van der Waals surface area contributed by atoms with Crippen LogP contribution in [0, 0.1) is 12.5 Å². The van der Waals surface area contributed by atoms with E-state index in [1.54, 1.807) is 12.3 Å². The molecule has 0 saturated carbocycles. The molecule has 0 aliphatic heterocycles. The maximum Gasteiger partial charge on any atom is 0.318 e. The average molecular weight is 397 g/mol. The molecule has 0 aliphatic carbocycles. The summed E-state index contributed by atoms with van der Waals surface area (Å²) in [6, 6.07) is 4.29. The molecule has 27 heavy (non-hydrogen) atoms. The van der Waals surface area contributed by atoms with Gasteiger partial charge in [0.05, 0.1) is 0 Å². The molecule has 0 spiro atoms. The molecule has 0 atom stereocenters. The van der Waals surface area contributed by atoms with Crippen molar-refractivity contribution in [3.63, 3.8) is 0 Å². The minimum absolute atomic E-state index is 0.0125. The predicted molar refractivity (Wildman–Crippen MR) is 99.9 cm³/mol. The van der Waals surface area contributed by atoms with Crippen molar-refractivity contribution in [2.24, 2.45) is 5.11 Å². The van der Waals surface area contributed by atoms with Crippen molar-refractivity contribution in [1.82, 2.24) is 9.97 Å². The Morgan fingerprint density at radius 2 is 2.19 bits per heavy atom. The highest BCUT2D eigenvalue weighted by atomic mass is 35.5. The van der Waals surface area contributed by atoms with Crippen molar-refractivity contribution >= 4 is 23.1 Å². The zero-order chi connectivity index (χ0) is 20.0. The van der Waals surface area contributed by atoms with Crippen LogP contribution in [0.25, 0.3) is 0 Å². The Balaban J connectivity index is 2.06. The maximum atomic E-state index is 12.9. The molecule has 144 valence electrons. The van der Waals surface area contributed by atoms with E-state index >= 15 is 0 Å². The van der Waals surface area contributed by atoms with Gasteiger partial charge in [-0.05, 0) is 25.1 Å². The lowest BCUT2D eigenvalue weighted by Gasteiger charge is -2.14. The van der Waals surface area contributed by atoms with Crippen LogP contribution in [0.3, 0.4) is 0 Å². The Kier molecular flexibility index (Phi) is 7.00. The van der Waals surface area contributed by atoms with Crippen LogP contribution >= 0.6 is 11.6 Å². The Morgan fingerprint density at radius 1 is 1.44 bits per heavy atom. The van der Waals surface area contributed by atoms with Gasteiger partial charge in [0.2, 0.25) is 0 Å². The number of hydrogen-bond donors (Lipinski definition) is 2. The molecule has 0 radical (unpaired) electrons. The van der Waals surface area contributed by atoms with Crippen molar-refractivity contribution in [2.75, 3.05) is 30.9 Å². The average Bonchev–Trinajstić information content (AvgIpc) is 2.63. The number of aryl methyl sites for hydroxylation is 1. The van der Waals surface area contributed by atoms with E-state index < -0.39 is 6.43 Å². The second-order valence-electron chi connectivity index (χ2n) is 5.77. The highest BCUT2D eigenvalue weighted by molar-refractivity contribution is 6.31. The second-order valence-corrected chi connectivity index (χ2v) is 6.18. The number of benzene rings is 1. The summed E-state index contributed by atoms with van der Waals surface area (Å²) in [5.41, 5.74) is 8.45. The third kappa shape index (κ3) is 5.58. The van der Waals surface area contributed by atoms with Gasteiger partial charge in [0.15, 0.2) is 0 Å². The van der Waals surface area contributed by atoms with Gasteiger partial charge in [-0.15, -0.1) is 0 Å². The molecule has 1 heterocycles. The first-order chi connectivity index (χ1) is 12.8. The summed E-state index contributed by atoms with van der Waals surface area (Å²) in [6.07, 6.45) is 0.333. The number of nitrogens with one attached hydrogen (secondary N) is 2. The Hall–Kier alpha value is -2.81. The van der Waals surface area contributed by atoms with Crippen LogP contribution in [0.2, 0.25) is 5.02 Å². The molecule has 0 saturated heterocycles. The number of hydrogen-bond acceptors (Lipinski definition) is 7. The first-order valence-corrected chi connectivity index (χ1v) is 8.24. The van der Waals surface area contributed by atoms with Gasteiger partial charge in [-0.25, -0.2) is 19.3 Å². The first kappa shape index (κ1) is 20.5. The third-order valence-electron chi connectivity index (χ3n) is 3.48. The number of alkyl halides is 2. The van der Waals surface area contributed by atoms with E-state index in [1.165, 1.54) is 18.3 Å². The molecular weight excluding hydrogens is 378 g/mol. The van der Waals surface area contributed by atoms with E-state index in [-0.39, 0.29) is 28.9 Å². The molecule has 0 fully saturated rings. The summed E-state index contributed by atoms with van der Waals surface area (Å²) in [5.74, 6) is 0.715. The monoisotopic (exact) mass is 396 g/mol. The van der Waals surface area contributed by atoms with Crippen LogP contribution < -0.4 is 15.0 Å². The van der Waals surface area contributed by atoms with Crippen LogP contribution in [0.15, 0.2) is 41.4 Å². The highest BCUT2D eigenvalue weighted by Crippen LogP contribution is 2.29. The van der Waals surface area contributed by atoms with Crippen molar-refractivity contribution in [2.45, 2.75) is 13.3 Å². The molecule has 7 nitrogen and oxygen atoms in total. The van der Waals surface area contributed by atoms with Crippen LogP contribution in [-0.2, 0) is 0 Å².